The average Bonchev–Trinajstić information content (AvgIpc) is 2.31. The van der Waals surface area contributed by atoms with Gasteiger partial charge in [0.25, 0.3) is 0 Å². The number of hydrogen-bond donors (Lipinski definition) is 2. The Bertz CT molecular complexity index is 181. The van der Waals surface area contributed by atoms with E-state index in [1.807, 2.05) is 0 Å². The van der Waals surface area contributed by atoms with Crippen molar-refractivity contribution in [3.05, 3.63) is 0 Å². The van der Waals surface area contributed by atoms with E-state index < -0.39 is 0 Å². The smallest absolute Gasteiger partial charge is 0.0611 e. The van der Waals surface area contributed by atoms with Crippen LogP contribution < -0.4 is 5.32 Å². The van der Waals surface area contributed by atoms with E-state index in [1.165, 1.54) is 32.1 Å². The Morgan fingerprint density at radius 3 is 2.56 bits per heavy atom. The van der Waals surface area contributed by atoms with Crippen molar-refractivity contribution in [1.82, 2.24) is 5.32 Å². The largest absolute Gasteiger partial charge is 0.394 e. The zero-order valence-electron chi connectivity index (χ0n) is 10.8. The van der Waals surface area contributed by atoms with Crippen molar-refractivity contribution < 1.29 is 9.84 Å². The van der Waals surface area contributed by atoms with Gasteiger partial charge in [0, 0.05) is 12.1 Å². The highest BCUT2D eigenvalue weighted by molar-refractivity contribution is 4.81. The number of rotatable bonds is 7. The van der Waals surface area contributed by atoms with E-state index in [0.717, 1.165) is 19.6 Å². The third-order valence-corrected chi connectivity index (χ3v) is 3.51. The Hall–Kier alpha value is -0.120. The van der Waals surface area contributed by atoms with Crippen LogP contribution in [0.2, 0.25) is 0 Å². The highest BCUT2D eigenvalue weighted by Crippen LogP contribution is 2.21. The number of likely N-dealkylation sites (N-methyl/N-ethyl adjacent to an activating group) is 1. The van der Waals surface area contributed by atoms with E-state index in [0.29, 0.717) is 6.10 Å². The lowest BCUT2D eigenvalue weighted by molar-refractivity contribution is 0.0115. The summed E-state index contributed by atoms with van der Waals surface area (Å²) in [6.45, 7) is 5.95. The summed E-state index contributed by atoms with van der Waals surface area (Å²) in [5, 5.41) is 12.7. The molecule has 2 N–H and O–H groups in total. The molecule has 1 saturated carbocycles. The summed E-state index contributed by atoms with van der Waals surface area (Å²) in [4.78, 5) is 0. The van der Waals surface area contributed by atoms with E-state index in [9.17, 15) is 5.11 Å². The molecule has 0 amide bonds. The molecule has 0 bridgehead atoms. The Labute approximate surface area is 99.6 Å². The van der Waals surface area contributed by atoms with Gasteiger partial charge < -0.3 is 15.2 Å². The van der Waals surface area contributed by atoms with Crippen LogP contribution in [0.4, 0.5) is 0 Å². The molecule has 1 unspecified atom stereocenters. The quantitative estimate of drug-likeness (QED) is 0.702. The van der Waals surface area contributed by atoms with Gasteiger partial charge in [-0.05, 0) is 32.7 Å². The van der Waals surface area contributed by atoms with E-state index >= 15 is 0 Å². The predicted molar refractivity (Wildman–Crippen MR) is 66.6 cm³/mol. The molecule has 1 atom stereocenters. The second kappa shape index (κ2) is 7.25. The maximum absolute atomic E-state index is 9.34. The van der Waals surface area contributed by atoms with Gasteiger partial charge in [-0.25, -0.2) is 0 Å². The van der Waals surface area contributed by atoms with E-state index in [1.54, 1.807) is 0 Å². The molecular formula is C13H27NO2. The molecule has 16 heavy (non-hydrogen) atoms. The maximum atomic E-state index is 9.34. The molecule has 0 aliphatic heterocycles. The van der Waals surface area contributed by atoms with E-state index in [-0.39, 0.29) is 12.1 Å². The molecule has 1 aliphatic rings. The number of hydrogen-bond acceptors (Lipinski definition) is 3. The number of aliphatic hydroxyl groups excluding tert-OH is 1. The van der Waals surface area contributed by atoms with Crippen LogP contribution in [0, 0.1) is 0 Å². The average molecular weight is 229 g/mol. The zero-order valence-corrected chi connectivity index (χ0v) is 10.8. The molecule has 96 valence electrons. The summed E-state index contributed by atoms with van der Waals surface area (Å²) in [7, 11) is 0. The molecule has 0 aromatic carbocycles. The van der Waals surface area contributed by atoms with Crippen LogP contribution in [0.5, 0.6) is 0 Å². The minimum absolute atomic E-state index is 0.175. The molecule has 1 rings (SSSR count). The Kier molecular flexibility index (Phi) is 6.32. The van der Waals surface area contributed by atoms with Crippen molar-refractivity contribution in [2.75, 3.05) is 19.8 Å². The van der Waals surface area contributed by atoms with Crippen molar-refractivity contribution in [2.24, 2.45) is 0 Å². The molecule has 0 spiro atoms. The lowest BCUT2D eigenvalue weighted by Gasteiger charge is -2.30. The summed E-state index contributed by atoms with van der Waals surface area (Å²) in [5.74, 6) is 0. The number of nitrogens with one attached hydrogen (secondary N) is 1. The van der Waals surface area contributed by atoms with E-state index in [2.05, 4.69) is 19.2 Å². The normalized spacial score (nSPS) is 21.9. The summed E-state index contributed by atoms with van der Waals surface area (Å²) >= 11 is 0. The van der Waals surface area contributed by atoms with E-state index in [4.69, 9.17) is 4.74 Å². The van der Waals surface area contributed by atoms with Gasteiger partial charge in [-0.15, -0.1) is 0 Å². The third-order valence-electron chi connectivity index (χ3n) is 3.51. The Balaban J connectivity index is 2.16. The highest BCUT2D eigenvalue weighted by atomic mass is 16.5. The van der Waals surface area contributed by atoms with Crippen molar-refractivity contribution in [3.8, 4) is 0 Å². The third kappa shape index (κ3) is 4.81. The molecule has 0 saturated heterocycles. The van der Waals surface area contributed by atoms with Crippen LogP contribution in [0.25, 0.3) is 0 Å². The van der Waals surface area contributed by atoms with Gasteiger partial charge in [-0.2, -0.15) is 0 Å². The number of ether oxygens (including phenoxy) is 1. The first kappa shape index (κ1) is 13.9. The summed E-state index contributed by atoms with van der Waals surface area (Å²) in [6, 6.07) is 0. The zero-order chi connectivity index (χ0) is 11.9. The van der Waals surface area contributed by atoms with Gasteiger partial charge in [0.05, 0.1) is 12.7 Å². The summed E-state index contributed by atoms with van der Waals surface area (Å²) in [5.41, 5.74) is -0.177. The van der Waals surface area contributed by atoms with Crippen LogP contribution >= 0.6 is 0 Å². The van der Waals surface area contributed by atoms with Crippen LogP contribution in [0.1, 0.15) is 52.4 Å². The Morgan fingerprint density at radius 1 is 1.31 bits per heavy atom. The van der Waals surface area contributed by atoms with Crippen molar-refractivity contribution in [1.29, 1.82) is 0 Å². The fraction of sp³-hybridized carbons (Fsp3) is 1.00. The molecule has 3 heteroatoms. The van der Waals surface area contributed by atoms with Crippen molar-refractivity contribution >= 4 is 0 Å². The second-order valence-electron chi connectivity index (χ2n) is 5.13. The topological polar surface area (TPSA) is 41.5 Å². The highest BCUT2D eigenvalue weighted by Gasteiger charge is 2.22. The fourth-order valence-electron chi connectivity index (χ4n) is 2.33. The maximum Gasteiger partial charge on any atom is 0.0611 e. The van der Waals surface area contributed by atoms with Crippen LogP contribution in [0.3, 0.4) is 0 Å². The fourth-order valence-corrected chi connectivity index (χ4v) is 2.33. The molecule has 3 nitrogen and oxygen atoms in total. The van der Waals surface area contributed by atoms with Gasteiger partial charge in [-0.1, -0.05) is 26.2 Å². The standard InChI is InChI=1S/C13H27NO2/c1-3-14-13(2,11-15)9-10-16-12-7-5-4-6-8-12/h12,14-15H,3-11H2,1-2H3. The monoisotopic (exact) mass is 229 g/mol. The molecule has 0 aromatic heterocycles. The van der Waals surface area contributed by atoms with Crippen LogP contribution in [0.15, 0.2) is 0 Å². The molecule has 0 heterocycles. The lowest BCUT2D eigenvalue weighted by atomic mass is 9.97. The van der Waals surface area contributed by atoms with Crippen molar-refractivity contribution in [3.63, 3.8) is 0 Å². The first-order valence-corrected chi connectivity index (χ1v) is 6.67. The van der Waals surface area contributed by atoms with Crippen LogP contribution in [-0.4, -0.2) is 36.5 Å². The van der Waals surface area contributed by atoms with Gasteiger partial charge in [-0.3, -0.25) is 0 Å². The number of aliphatic hydroxyl groups is 1. The summed E-state index contributed by atoms with van der Waals surface area (Å²) in [6.07, 6.45) is 7.79. The van der Waals surface area contributed by atoms with Gasteiger partial charge in [0.15, 0.2) is 0 Å². The minimum Gasteiger partial charge on any atom is -0.394 e. The minimum atomic E-state index is -0.177. The van der Waals surface area contributed by atoms with Crippen molar-refractivity contribution in [2.45, 2.75) is 64.0 Å². The van der Waals surface area contributed by atoms with Gasteiger partial charge >= 0.3 is 0 Å². The predicted octanol–water partition coefficient (Wildman–Crippen LogP) is 2.09. The SMILES string of the molecule is CCNC(C)(CO)CCOC1CCCCC1. The van der Waals surface area contributed by atoms with Gasteiger partial charge in [0.1, 0.15) is 0 Å². The summed E-state index contributed by atoms with van der Waals surface area (Å²) < 4.78 is 5.88. The molecular weight excluding hydrogens is 202 g/mol. The lowest BCUT2D eigenvalue weighted by Crippen LogP contribution is -2.46. The molecule has 1 fully saturated rings. The first-order valence-electron chi connectivity index (χ1n) is 6.67. The Morgan fingerprint density at radius 2 is 2.00 bits per heavy atom. The van der Waals surface area contributed by atoms with Gasteiger partial charge in [0.2, 0.25) is 0 Å². The molecule has 0 radical (unpaired) electrons. The molecule has 1 aliphatic carbocycles. The second-order valence-corrected chi connectivity index (χ2v) is 5.13. The molecule has 0 aromatic rings. The first-order chi connectivity index (χ1) is 7.70. The van der Waals surface area contributed by atoms with Crippen LogP contribution in [-0.2, 0) is 4.74 Å².